The summed E-state index contributed by atoms with van der Waals surface area (Å²) in [6.07, 6.45) is -4.37. The highest BCUT2D eigenvalue weighted by molar-refractivity contribution is 6.19. The molecule has 0 aliphatic carbocycles. The monoisotopic (exact) mass is 189 g/mol. The molecule has 5 atom stereocenters. The predicted octanol–water partition coefficient (Wildman–Crippen LogP) is -2.62. The van der Waals surface area contributed by atoms with Gasteiger partial charge in [0, 0.05) is 0 Å². The van der Waals surface area contributed by atoms with Crippen LogP contribution in [-0.2, 0) is 14.0 Å². The van der Waals surface area contributed by atoms with Gasteiger partial charge in [0.15, 0.2) is 6.29 Å². The molecule has 0 aromatic rings. The Bertz CT molecular complexity index is 190. The second kappa shape index (κ2) is 3.53. The van der Waals surface area contributed by atoms with Gasteiger partial charge < -0.3 is 29.4 Å². The molecule has 1 radical (unpaired) electrons. The maximum absolute atomic E-state index is 9.54. The molecule has 7 heteroatoms. The summed E-state index contributed by atoms with van der Waals surface area (Å²) in [5.41, 5.74) is 0. The quantitative estimate of drug-likeness (QED) is 0.391. The molecule has 2 rings (SSSR count). The lowest BCUT2D eigenvalue weighted by molar-refractivity contribution is -0.261. The summed E-state index contributed by atoms with van der Waals surface area (Å²) >= 11 is 0. The Kier molecular flexibility index (Phi) is 2.54. The zero-order valence-corrected chi connectivity index (χ0v) is 6.74. The normalized spacial score (nSPS) is 49.9. The van der Waals surface area contributed by atoms with E-state index in [4.69, 9.17) is 19.2 Å². The zero-order chi connectivity index (χ0) is 9.42. The van der Waals surface area contributed by atoms with Crippen LogP contribution in [-0.4, -0.2) is 60.3 Å². The lowest BCUT2D eigenvalue weighted by Gasteiger charge is -2.37. The maximum atomic E-state index is 9.54. The Morgan fingerprint density at radius 1 is 1.15 bits per heavy atom. The molecular formula is C6H10BO6. The molecule has 73 valence electrons. The van der Waals surface area contributed by atoms with Gasteiger partial charge in [0.2, 0.25) is 0 Å². The molecule has 0 amide bonds. The second-order valence-electron chi connectivity index (χ2n) is 3.04. The third kappa shape index (κ3) is 1.47. The molecule has 2 aliphatic rings. The lowest BCUT2D eigenvalue weighted by atomic mass is 9.99. The van der Waals surface area contributed by atoms with Crippen molar-refractivity contribution in [2.24, 2.45) is 0 Å². The first-order valence-corrected chi connectivity index (χ1v) is 3.99. The molecule has 13 heavy (non-hydrogen) atoms. The minimum Gasteiger partial charge on any atom is -0.405 e. The largest absolute Gasteiger partial charge is 0.488 e. The van der Waals surface area contributed by atoms with E-state index in [1.54, 1.807) is 0 Å². The van der Waals surface area contributed by atoms with Gasteiger partial charge in [0.05, 0.1) is 6.61 Å². The van der Waals surface area contributed by atoms with E-state index >= 15 is 0 Å². The second-order valence-corrected chi connectivity index (χ2v) is 3.04. The number of rotatable bonds is 1. The van der Waals surface area contributed by atoms with Crippen LogP contribution in [0.15, 0.2) is 0 Å². The number of fused-ring (bicyclic) bond motifs is 1. The highest BCUT2D eigenvalue weighted by Crippen LogP contribution is 2.27. The van der Waals surface area contributed by atoms with Crippen LogP contribution < -0.4 is 0 Å². The SMILES string of the molecule is OCC1OC(O)C2O[B]OC2C1O. The maximum Gasteiger partial charge on any atom is 0.488 e. The minimum atomic E-state index is -1.18. The average molecular weight is 189 g/mol. The molecule has 2 saturated heterocycles. The van der Waals surface area contributed by atoms with E-state index in [1.165, 1.54) is 0 Å². The zero-order valence-electron chi connectivity index (χ0n) is 6.74. The molecule has 5 unspecified atom stereocenters. The van der Waals surface area contributed by atoms with Crippen LogP contribution in [0.5, 0.6) is 0 Å². The fourth-order valence-corrected chi connectivity index (χ4v) is 1.52. The molecule has 0 aromatic heterocycles. The Balaban J connectivity index is 2.10. The lowest BCUT2D eigenvalue weighted by Crippen LogP contribution is -2.57. The molecule has 0 aromatic carbocycles. The van der Waals surface area contributed by atoms with Gasteiger partial charge in [-0.2, -0.15) is 0 Å². The summed E-state index contributed by atoms with van der Waals surface area (Å²) in [6.45, 7) is -0.370. The Morgan fingerprint density at radius 3 is 2.54 bits per heavy atom. The number of ether oxygens (including phenoxy) is 1. The van der Waals surface area contributed by atoms with Crippen molar-refractivity contribution in [2.75, 3.05) is 6.61 Å². The van der Waals surface area contributed by atoms with Crippen molar-refractivity contribution in [3.05, 3.63) is 0 Å². The van der Waals surface area contributed by atoms with Gasteiger partial charge in [-0.25, -0.2) is 0 Å². The van der Waals surface area contributed by atoms with Crippen molar-refractivity contribution in [1.29, 1.82) is 0 Å². The Hall–Kier alpha value is -0.175. The molecule has 2 aliphatic heterocycles. The summed E-state index contributed by atoms with van der Waals surface area (Å²) in [5.74, 6) is 0. The standard InChI is InChI=1S/C6H10BO6/c8-1-2-3(9)4-5(6(10)11-2)13-7-12-4/h2-6,8-10H,1H2. The molecule has 0 spiro atoms. The summed E-state index contributed by atoms with van der Waals surface area (Å²) in [7, 11) is 1.06. The molecule has 0 bridgehead atoms. The molecule has 3 N–H and O–H groups in total. The van der Waals surface area contributed by atoms with Gasteiger partial charge in [0.25, 0.3) is 0 Å². The molecule has 0 saturated carbocycles. The number of aliphatic hydroxyl groups excluding tert-OH is 3. The van der Waals surface area contributed by atoms with Crippen LogP contribution in [0, 0.1) is 0 Å². The summed E-state index contributed by atoms with van der Waals surface area (Å²) in [4.78, 5) is 0. The predicted molar refractivity (Wildman–Crippen MR) is 39.5 cm³/mol. The van der Waals surface area contributed by atoms with Gasteiger partial charge in [-0.05, 0) is 0 Å². The van der Waals surface area contributed by atoms with Crippen LogP contribution in [0.2, 0.25) is 0 Å². The average Bonchev–Trinajstić information content (AvgIpc) is 2.60. The third-order valence-electron chi connectivity index (χ3n) is 2.24. The topological polar surface area (TPSA) is 88.4 Å². The van der Waals surface area contributed by atoms with E-state index < -0.39 is 30.7 Å². The van der Waals surface area contributed by atoms with Crippen LogP contribution in [0.4, 0.5) is 0 Å². The summed E-state index contributed by atoms with van der Waals surface area (Å²) in [6, 6.07) is 0. The fourth-order valence-electron chi connectivity index (χ4n) is 1.52. The van der Waals surface area contributed by atoms with Crippen LogP contribution in [0.3, 0.4) is 0 Å². The third-order valence-corrected chi connectivity index (χ3v) is 2.24. The molecule has 2 heterocycles. The summed E-state index contributed by atoms with van der Waals surface area (Å²) < 4.78 is 14.7. The molecular weight excluding hydrogens is 179 g/mol. The fraction of sp³-hybridized carbons (Fsp3) is 1.00. The highest BCUT2D eigenvalue weighted by atomic mass is 16.7. The summed E-state index contributed by atoms with van der Waals surface area (Å²) in [5, 5.41) is 27.7. The van der Waals surface area contributed by atoms with Gasteiger partial charge in [-0.15, -0.1) is 0 Å². The van der Waals surface area contributed by atoms with E-state index in [-0.39, 0.29) is 6.61 Å². The molecule has 6 nitrogen and oxygen atoms in total. The smallest absolute Gasteiger partial charge is 0.405 e. The van der Waals surface area contributed by atoms with Crippen LogP contribution in [0.25, 0.3) is 0 Å². The van der Waals surface area contributed by atoms with Crippen molar-refractivity contribution in [2.45, 2.75) is 30.7 Å². The van der Waals surface area contributed by atoms with Crippen molar-refractivity contribution in [1.82, 2.24) is 0 Å². The van der Waals surface area contributed by atoms with Gasteiger partial charge in [-0.1, -0.05) is 0 Å². The van der Waals surface area contributed by atoms with E-state index in [0.29, 0.717) is 0 Å². The van der Waals surface area contributed by atoms with E-state index in [9.17, 15) is 10.2 Å². The van der Waals surface area contributed by atoms with Crippen molar-refractivity contribution in [3.8, 4) is 0 Å². The first-order valence-electron chi connectivity index (χ1n) is 3.99. The van der Waals surface area contributed by atoms with Crippen molar-refractivity contribution < 1.29 is 29.4 Å². The van der Waals surface area contributed by atoms with Gasteiger partial charge in [-0.3, -0.25) is 0 Å². The number of hydrogen-bond donors (Lipinski definition) is 3. The Morgan fingerprint density at radius 2 is 1.85 bits per heavy atom. The van der Waals surface area contributed by atoms with Crippen LogP contribution in [0.1, 0.15) is 0 Å². The van der Waals surface area contributed by atoms with Gasteiger partial charge in [0.1, 0.15) is 24.4 Å². The van der Waals surface area contributed by atoms with Crippen molar-refractivity contribution in [3.63, 3.8) is 0 Å². The van der Waals surface area contributed by atoms with E-state index in [1.807, 2.05) is 0 Å². The van der Waals surface area contributed by atoms with Crippen molar-refractivity contribution >= 4 is 7.69 Å². The van der Waals surface area contributed by atoms with Gasteiger partial charge >= 0.3 is 7.69 Å². The number of hydrogen-bond acceptors (Lipinski definition) is 6. The van der Waals surface area contributed by atoms with Crippen LogP contribution >= 0.6 is 0 Å². The van der Waals surface area contributed by atoms with E-state index in [0.717, 1.165) is 7.69 Å². The minimum absolute atomic E-state index is 0.370. The molecule has 2 fully saturated rings. The van der Waals surface area contributed by atoms with E-state index in [2.05, 4.69) is 0 Å². The first-order chi connectivity index (χ1) is 6.24. The highest BCUT2D eigenvalue weighted by Gasteiger charge is 2.48. The Labute approximate surface area is 75.3 Å². The number of aliphatic hydroxyl groups is 3. The first kappa shape index (κ1) is 9.38.